The van der Waals surface area contributed by atoms with Gasteiger partial charge in [-0.1, -0.05) is 5.16 Å². The van der Waals surface area contributed by atoms with Gasteiger partial charge in [0.2, 0.25) is 0 Å². The Morgan fingerprint density at radius 3 is 2.88 bits per heavy atom. The second-order valence-corrected chi connectivity index (χ2v) is 9.15. The van der Waals surface area contributed by atoms with Crippen molar-refractivity contribution in [3.05, 3.63) is 47.7 Å². The number of ether oxygens (including phenoxy) is 1. The van der Waals surface area contributed by atoms with Crippen LogP contribution in [-0.4, -0.2) is 53.8 Å². The van der Waals surface area contributed by atoms with Crippen molar-refractivity contribution in [3.8, 4) is 5.75 Å². The summed E-state index contributed by atoms with van der Waals surface area (Å²) < 4.78 is 38.6. The first-order valence-corrected chi connectivity index (χ1v) is 11.9. The van der Waals surface area contributed by atoms with Crippen molar-refractivity contribution in [2.45, 2.75) is 38.5 Å². The third-order valence-corrected chi connectivity index (χ3v) is 6.79. The average Bonchev–Trinajstić information content (AvgIpc) is 3.43. The predicted octanol–water partition coefficient (Wildman–Crippen LogP) is 4.53. The highest BCUT2D eigenvalue weighted by Gasteiger charge is 2.31. The van der Waals surface area contributed by atoms with Gasteiger partial charge in [-0.15, -0.1) is 0 Å². The van der Waals surface area contributed by atoms with E-state index < -0.39 is 5.92 Å². The predicted molar refractivity (Wildman–Crippen MR) is 128 cm³/mol. The molecule has 1 saturated heterocycles. The maximum Gasteiger partial charge on any atom is 0.252 e. The van der Waals surface area contributed by atoms with Crippen molar-refractivity contribution >= 4 is 29.4 Å². The number of alkyl halides is 2. The van der Waals surface area contributed by atoms with Crippen LogP contribution in [0.5, 0.6) is 5.75 Å². The summed E-state index contributed by atoms with van der Waals surface area (Å²) in [6.45, 7) is 4.16. The molecule has 1 aliphatic carbocycles. The van der Waals surface area contributed by atoms with Gasteiger partial charge in [0.05, 0.1) is 18.0 Å². The zero-order valence-electron chi connectivity index (χ0n) is 18.7. The van der Waals surface area contributed by atoms with Gasteiger partial charge in [-0.25, -0.2) is 18.1 Å². The molecule has 2 aromatic rings. The van der Waals surface area contributed by atoms with Crippen LogP contribution in [0.4, 0.5) is 20.3 Å². The van der Waals surface area contributed by atoms with Gasteiger partial charge in [-0.05, 0) is 49.6 Å². The molecule has 0 spiro atoms. The lowest BCUT2D eigenvalue weighted by Crippen LogP contribution is -2.26. The van der Waals surface area contributed by atoms with Crippen molar-refractivity contribution in [2.24, 2.45) is 5.16 Å². The third-order valence-electron chi connectivity index (χ3n) is 5.61. The van der Waals surface area contributed by atoms with E-state index in [-0.39, 0.29) is 19.4 Å². The molecule has 2 N–H and O–H groups in total. The quantitative estimate of drug-likeness (QED) is 0.398. The Kier molecular flexibility index (Phi) is 7.54. The van der Waals surface area contributed by atoms with Crippen LogP contribution in [0.25, 0.3) is 0 Å². The summed E-state index contributed by atoms with van der Waals surface area (Å²) in [5.41, 5.74) is 9.76. The van der Waals surface area contributed by atoms with Gasteiger partial charge >= 0.3 is 0 Å². The number of aromatic nitrogens is 1. The first-order chi connectivity index (χ1) is 15.9. The Bertz CT molecular complexity index is 991. The Morgan fingerprint density at radius 2 is 2.06 bits per heavy atom. The van der Waals surface area contributed by atoms with E-state index in [1.54, 1.807) is 12.3 Å². The lowest BCUT2D eigenvalue weighted by molar-refractivity contribution is -0.0286. The zero-order chi connectivity index (χ0) is 23.3. The fourth-order valence-electron chi connectivity index (χ4n) is 3.85. The molecule has 0 amide bonds. The smallest absolute Gasteiger partial charge is 0.252 e. The monoisotopic (exact) mass is 477 g/mol. The van der Waals surface area contributed by atoms with Crippen molar-refractivity contribution in [1.82, 2.24) is 9.29 Å². The number of hydrogen-bond acceptors (Lipinski definition) is 8. The highest BCUT2D eigenvalue weighted by Crippen LogP contribution is 2.33. The second-order valence-electron chi connectivity index (χ2n) is 8.03. The Morgan fingerprint density at radius 1 is 1.18 bits per heavy atom. The number of aryl methyl sites for hydroxylation is 1. The number of oxime groups is 1. The van der Waals surface area contributed by atoms with E-state index in [2.05, 4.69) is 10.1 Å². The third kappa shape index (κ3) is 6.26. The van der Waals surface area contributed by atoms with Gasteiger partial charge in [0.25, 0.3) is 5.92 Å². The molecule has 0 unspecified atom stereocenters. The van der Waals surface area contributed by atoms with Crippen LogP contribution < -0.4 is 14.8 Å². The summed E-state index contributed by atoms with van der Waals surface area (Å²) in [5.74, 6) is -1.73. The molecule has 2 aliphatic rings. The number of rotatable bonds is 10. The maximum atomic E-state index is 14.5. The summed E-state index contributed by atoms with van der Waals surface area (Å²) in [6.07, 6.45) is 2.79. The molecule has 1 aromatic carbocycles. The van der Waals surface area contributed by atoms with Crippen LogP contribution in [0.3, 0.4) is 0 Å². The molecule has 0 bridgehead atoms. The molecule has 0 saturated carbocycles. The van der Waals surface area contributed by atoms with E-state index in [0.29, 0.717) is 31.3 Å². The number of nitrogen functional groups attached to an aromatic ring is 1. The van der Waals surface area contributed by atoms with Crippen LogP contribution in [-0.2, 0) is 11.3 Å². The number of benzene rings is 1. The van der Waals surface area contributed by atoms with Gasteiger partial charge in [0.1, 0.15) is 18.2 Å². The molecular formula is C23H29F2N5O2S. The Balaban J connectivity index is 1.21. The highest BCUT2D eigenvalue weighted by molar-refractivity contribution is 7.98. The summed E-state index contributed by atoms with van der Waals surface area (Å²) in [6, 6.07) is 9.31. The van der Waals surface area contributed by atoms with Crippen LogP contribution >= 0.6 is 12.1 Å². The first kappa shape index (κ1) is 23.6. The molecule has 33 heavy (non-hydrogen) atoms. The summed E-state index contributed by atoms with van der Waals surface area (Å²) in [4.78, 5) is 9.15. The van der Waals surface area contributed by atoms with Crippen LogP contribution in [0, 0.1) is 0 Å². The standard InChI is InChI=1S/C23H29F2N5O2S/c1-2-32-28-21-6-3-17-15-19(4-5-20(17)21)31-14-9-23(24,25)8-11-29-12-13-30(33-29)18-7-10-27-22(26)16-18/h4-5,7,10,15-16H,2-3,6,8-9,11-14H2,1H3,(H2,26,27)/b28-21+. The van der Waals surface area contributed by atoms with Gasteiger partial charge in [0.15, 0.2) is 0 Å². The van der Waals surface area contributed by atoms with E-state index >= 15 is 0 Å². The largest absolute Gasteiger partial charge is 0.493 e. The van der Waals surface area contributed by atoms with Crippen LogP contribution in [0.15, 0.2) is 41.7 Å². The maximum absolute atomic E-state index is 14.5. The molecule has 1 fully saturated rings. The number of nitrogens with zero attached hydrogens (tertiary/aromatic N) is 4. The van der Waals surface area contributed by atoms with E-state index in [1.165, 1.54) is 12.1 Å². The number of fused-ring (bicyclic) bond motifs is 1. The van der Waals surface area contributed by atoms with E-state index in [0.717, 1.165) is 41.9 Å². The Labute approximate surface area is 197 Å². The molecular weight excluding hydrogens is 448 g/mol. The molecule has 10 heteroatoms. The average molecular weight is 478 g/mol. The van der Waals surface area contributed by atoms with E-state index in [9.17, 15) is 8.78 Å². The minimum Gasteiger partial charge on any atom is -0.493 e. The molecule has 0 radical (unpaired) electrons. The van der Waals surface area contributed by atoms with Gasteiger partial charge in [-0.3, -0.25) is 0 Å². The topological polar surface area (TPSA) is 76.2 Å². The van der Waals surface area contributed by atoms with E-state index in [1.807, 2.05) is 39.8 Å². The van der Waals surface area contributed by atoms with Crippen molar-refractivity contribution < 1.29 is 18.4 Å². The molecule has 4 rings (SSSR count). The second kappa shape index (κ2) is 10.6. The number of halogens is 2. The SMILES string of the molecule is CCO/N=C1\CCc2cc(OCCC(F)(F)CCN3CCN(c4ccnc(N)c4)S3)ccc21. The molecule has 0 atom stereocenters. The van der Waals surface area contributed by atoms with Gasteiger partial charge in [-0.2, -0.15) is 0 Å². The summed E-state index contributed by atoms with van der Waals surface area (Å²) in [5, 5.41) is 4.15. The van der Waals surface area contributed by atoms with Crippen LogP contribution in [0.2, 0.25) is 0 Å². The van der Waals surface area contributed by atoms with Crippen molar-refractivity contribution in [2.75, 3.05) is 42.9 Å². The fraction of sp³-hybridized carbons (Fsp3) is 0.478. The minimum absolute atomic E-state index is 0.0265. The fourth-order valence-corrected chi connectivity index (χ4v) is 4.83. The first-order valence-electron chi connectivity index (χ1n) is 11.2. The number of anilines is 2. The van der Waals surface area contributed by atoms with Gasteiger partial charge in [0, 0.05) is 62.4 Å². The number of pyridine rings is 1. The minimum atomic E-state index is -2.79. The van der Waals surface area contributed by atoms with E-state index in [4.69, 9.17) is 15.3 Å². The van der Waals surface area contributed by atoms with Crippen molar-refractivity contribution in [1.29, 1.82) is 0 Å². The normalized spacial score (nSPS) is 17.5. The van der Waals surface area contributed by atoms with Crippen LogP contribution in [0.1, 0.15) is 37.3 Å². The van der Waals surface area contributed by atoms with Crippen molar-refractivity contribution in [3.63, 3.8) is 0 Å². The number of nitrogens with two attached hydrogens (primary N) is 1. The number of hydrogen-bond donors (Lipinski definition) is 1. The molecule has 7 nitrogen and oxygen atoms in total. The molecule has 1 aliphatic heterocycles. The molecule has 178 valence electrons. The summed E-state index contributed by atoms with van der Waals surface area (Å²) >= 11 is 1.45. The van der Waals surface area contributed by atoms with Gasteiger partial charge < -0.3 is 19.6 Å². The highest BCUT2D eigenvalue weighted by atomic mass is 32.2. The molecule has 1 aromatic heterocycles. The zero-order valence-corrected chi connectivity index (χ0v) is 19.5. The summed E-state index contributed by atoms with van der Waals surface area (Å²) in [7, 11) is 0. The molecule has 2 heterocycles. The Hall–Kier alpha value is -2.59. The lowest BCUT2D eigenvalue weighted by atomic mass is 10.1. The lowest BCUT2D eigenvalue weighted by Gasteiger charge is -2.21.